The largest absolute Gasteiger partial charge is 0.419 e. The van der Waals surface area contributed by atoms with Crippen LogP contribution in [0, 0.1) is 0 Å². The molecule has 1 aromatic heterocycles. The van der Waals surface area contributed by atoms with Crippen LogP contribution in [-0.4, -0.2) is 48.4 Å². The minimum Gasteiger partial charge on any atom is -0.408 e. The van der Waals surface area contributed by atoms with E-state index in [0.29, 0.717) is 31.7 Å². The number of benzene rings is 3. The third kappa shape index (κ3) is 4.01. The van der Waals surface area contributed by atoms with Gasteiger partial charge in [0.25, 0.3) is 0 Å². The Balaban J connectivity index is 1.39. The van der Waals surface area contributed by atoms with Crippen molar-refractivity contribution in [3.8, 4) is 0 Å². The second-order valence-corrected chi connectivity index (χ2v) is 10.2. The standard InChI is InChI=1S/C25H25N3O4S/c1-26-22-13-12-21(18-23(22)32-25(26)29)33(30,31)28-16-14-27(15-17-28)24(19-8-4-2-5-9-19)20-10-6-3-7-11-20/h2-13,18,24H,14-17H2,1H3. The highest BCUT2D eigenvalue weighted by atomic mass is 32.2. The van der Waals surface area contributed by atoms with E-state index in [1.165, 1.54) is 32.1 Å². The molecule has 0 aliphatic carbocycles. The second-order valence-electron chi connectivity index (χ2n) is 8.22. The van der Waals surface area contributed by atoms with Crippen LogP contribution in [0.4, 0.5) is 0 Å². The topological polar surface area (TPSA) is 75.8 Å². The van der Waals surface area contributed by atoms with Crippen LogP contribution in [0.2, 0.25) is 0 Å². The summed E-state index contributed by atoms with van der Waals surface area (Å²) >= 11 is 0. The van der Waals surface area contributed by atoms with Crippen molar-refractivity contribution in [2.45, 2.75) is 10.9 Å². The van der Waals surface area contributed by atoms with Crippen molar-refractivity contribution in [1.29, 1.82) is 0 Å². The molecule has 0 atom stereocenters. The van der Waals surface area contributed by atoms with Crippen LogP contribution in [0.15, 0.2) is 93.0 Å². The van der Waals surface area contributed by atoms with Crippen molar-refractivity contribution in [2.75, 3.05) is 26.2 Å². The zero-order chi connectivity index (χ0) is 23.0. The predicted octanol–water partition coefficient (Wildman–Crippen LogP) is 3.23. The molecule has 1 saturated heterocycles. The summed E-state index contributed by atoms with van der Waals surface area (Å²) in [5.41, 5.74) is 3.21. The van der Waals surface area contributed by atoms with Gasteiger partial charge >= 0.3 is 5.76 Å². The maximum absolute atomic E-state index is 13.3. The first kappa shape index (κ1) is 21.6. The van der Waals surface area contributed by atoms with Gasteiger partial charge in [0.2, 0.25) is 10.0 Å². The molecule has 0 bridgehead atoms. The summed E-state index contributed by atoms with van der Waals surface area (Å²) in [6.07, 6.45) is 0. The third-order valence-corrected chi connectivity index (χ3v) is 8.17. The number of aryl methyl sites for hydroxylation is 1. The van der Waals surface area contributed by atoms with Gasteiger partial charge in [-0.05, 0) is 23.3 Å². The van der Waals surface area contributed by atoms with Gasteiger partial charge in [-0.2, -0.15) is 4.31 Å². The maximum Gasteiger partial charge on any atom is 0.419 e. The fraction of sp³-hybridized carbons (Fsp3) is 0.240. The van der Waals surface area contributed by atoms with Gasteiger partial charge in [0.15, 0.2) is 5.58 Å². The molecule has 0 saturated carbocycles. The summed E-state index contributed by atoms with van der Waals surface area (Å²) in [6.45, 7) is 1.98. The molecule has 1 aliphatic rings. The Bertz CT molecular complexity index is 1380. The van der Waals surface area contributed by atoms with Crippen LogP contribution in [0.5, 0.6) is 0 Å². The van der Waals surface area contributed by atoms with Gasteiger partial charge in [0.1, 0.15) is 0 Å². The highest BCUT2D eigenvalue weighted by molar-refractivity contribution is 7.89. The number of oxazole rings is 1. The third-order valence-electron chi connectivity index (χ3n) is 6.27. The molecule has 170 valence electrons. The van der Waals surface area contributed by atoms with Crippen molar-refractivity contribution >= 4 is 21.1 Å². The monoisotopic (exact) mass is 463 g/mol. The van der Waals surface area contributed by atoms with Gasteiger partial charge < -0.3 is 4.42 Å². The summed E-state index contributed by atoms with van der Waals surface area (Å²) in [4.78, 5) is 14.2. The van der Waals surface area contributed by atoms with Crippen molar-refractivity contribution < 1.29 is 12.8 Å². The van der Waals surface area contributed by atoms with Crippen molar-refractivity contribution in [3.05, 3.63) is 101 Å². The van der Waals surface area contributed by atoms with Gasteiger partial charge in [-0.3, -0.25) is 9.47 Å². The highest BCUT2D eigenvalue weighted by Crippen LogP contribution is 2.30. The molecule has 1 fully saturated rings. The Morgan fingerprint density at radius 1 is 0.818 bits per heavy atom. The van der Waals surface area contributed by atoms with E-state index in [1.807, 2.05) is 36.4 Å². The Hall–Kier alpha value is -3.20. The van der Waals surface area contributed by atoms with Crippen LogP contribution in [-0.2, 0) is 17.1 Å². The van der Waals surface area contributed by atoms with Crippen LogP contribution in [0.25, 0.3) is 11.1 Å². The number of hydrogen-bond acceptors (Lipinski definition) is 5. The van der Waals surface area contributed by atoms with E-state index in [1.54, 1.807) is 13.1 Å². The summed E-state index contributed by atoms with van der Waals surface area (Å²) in [6, 6.07) is 25.2. The van der Waals surface area contributed by atoms with Crippen LogP contribution >= 0.6 is 0 Å². The zero-order valence-corrected chi connectivity index (χ0v) is 19.1. The number of sulfonamides is 1. The Labute approximate surface area is 192 Å². The Morgan fingerprint density at radius 3 is 1.97 bits per heavy atom. The lowest BCUT2D eigenvalue weighted by atomic mass is 9.96. The molecule has 2 heterocycles. The predicted molar refractivity (Wildman–Crippen MR) is 127 cm³/mol. The molecule has 3 aromatic carbocycles. The Kier molecular flexibility index (Phi) is 5.65. The first-order valence-corrected chi connectivity index (χ1v) is 12.3. The fourth-order valence-electron chi connectivity index (χ4n) is 4.51. The first-order chi connectivity index (χ1) is 15.9. The van der Waals surface area contributed by atoms with Crippen LogP contribution in [0.3, 0.4) is 0 Å². The maximum atomic E-state index is 13.3. The fourth-order valence-corrected chi connectivity index (χ4v) is 5.95. The quantitative estimate of drug-likeness (QED) is 0.454. The van der Waals surface area contributed by atoms with E-state index in [2.05, 4.69) is 29.2 Å². The lowest BCUT2D eigenvalue weighted by molar-refractivity contribution is 0.156. The minimum atomic E-state index is -3.70. The average molecular weight is 464 g/mol. The van der Waals surface area contributed by atoms with Crippen molar-refractivity contribution in [1.82, 2.24) is 13.8 Å². The van der Waals surface area contributed by atoms with E-state index in [0.717, 1.165) is 0 Å². The molecule has 33 heavy (non-hydrogen) atoms. The number of hydrogen-bond donors (Lipinski definition) is 0. The minimum absolute atomic E-state index is 0.0622. The van der Waals surface area contributed by atoms with E-state index >= 15 is 0 Å². The van der Waals surface area contributed by atoms with Gasteiger partial charge in [0.05, 0.1) is 16.5 Å². The first-order valence-electron chi connectivity index (χ1n) is 10.9. The number of fused-ring (bicyclic) bond motifs is 1. The van der Waals surface area contributed by atoms with E-state index in [9.17, 15) is 13.2 Å². The van der Waals surface area contributed by atoms with Crippen molar-refractivity contribution in [2.24, 2.45) is 7.05 Å². The lowest BCUT2D eigenvalue weighted by Gasteiger charge is -2.39. The number of aromatic nitrogens is 1. The highest BCUT2D eigenvalue weighted by Gasteiger charge is 2.32. The van der Waals surface area contributed by atoms with E-state index < -0.39 is 15.8 Å². The molecular weight excluding hydrogens is 438 g/mol. The second kappa shape index (κ2) is 8.62. The molecule has 0 radical (unpaired) electrons. The van der Waals surface area contributed by atoms with Crippen LogP contribution in [0.1, 0.15) is 17.2 Å². The van der Waals surface area contributed by atoms with Crippen molar-refractivity contribution in [3.63, 3.8) is 0 Å². The van der Waals surface area contributed by atoms with E-state index in [4.69, 9.17) is 4.42 Å². The average Bonchev–Trinajstić information content (AvgIpc) is 3.14. The zero-order valence-electron chi connectivity index (χ0n) is 18.3. The molecular formula is C25H25N3O4S. The lowest BCUT2D eigenvalue weighted by Crippen LogP contribution is -2.49. The summed E-state index contributed by atoms with van der Waals surface area (Å²) < 4.78 is 34.7. The van der Waals surface area contributed by atoms with Crippen LogP contribution < -0.4 is 5.76 Å². The smallest absolute Gasteiger partial charge is 0.408 e. The molecule has 0 unspecified atom stereocenters. The molecule has 8 heteroatoms. The van der Waals surface area contributed by atoms with Gasteiger partial charge in [0, 0.05) is 39.3 Å². The van der Waals surface area contributed by atoms with Gasteiger partial charge in [-0.25, -0.2) is 13.2 Å². The summed E-state index contributed by atoms with van der Waals surface area (Å²) in [5.74, 6) is -0.513. The summed E-state index contributed by atoms with van der Waals surface area (Å²) in [7, 11) is -2.11. The number of nitrogens with zero attached hydrogens (tertiary/aromatic N) is 3. The van der Waals surface area contributed by atoms with Gasteiger partial charge in [-0.1, -0.05) is 60.7 Å². The molecule has 1 aliphatic heterocycles. The molecule has 0 amide bonds. The SMILES string of the molecule is Cn1c(=O)oc2cc(S(=O)(=O)N3CCN(C(c4ccccc4)c4ccccc4)CC3)ccc21. The summed E-state index contributed by atoms with van der Waals surface area (Å²) in [5, 5.41) is 0. The molecule has 4 aromatic rings. The Morgan fingerprint density at radius 2 is 1.39 bits per heavy atom. The van der Waals surface area contributed by atoms with Gasteiger partial charge in [-0.15, -0.1) is 0 Å². The number of piperazine rings is 1. The molecule has 7 nitrogen and oxygen atoms in total. The van der Waals surface area contributed by atoms with E-state index in [-0.39, 0.29) is 16.5 Å². The molecule has 5 rings (SSSR count). The molecule has 0 spiro atoms. The molecule has 0 N–H and O–H groups in total. The normalized spacial score (nSPS) is 15.9. The number of rotatable bonds is 5.